The minimum absolute atomic E-state index is 0. The maximum atomic E-state index is 12.1. The van der Waals surface area contributed by atoms with E-state index in [1.54, 1.807) is 12.1 Å². The Morgan fingerprint density at radius 2 is 1.83 bits per heavy atom. The summed E-state index contributed by atoms with van der Waals surface area (Å²) in [5, 5.41) is 2.67. The molecule has 9 heteroatoms. The van der Waals surface area contributed by atoms with E-state index in [0.717, 1.165) is 5.56 Å². The highest BCUT2D eigenvalue weighted by Crippen LogP contribution is 2.11. The van der Waals surface area contributed by atoms with Crippen molar-refractivity contribution in [2.75, 3.05) is 20.3 Å². The van der Waals surface area contributed by atoms with Gasteiger partial charge in [0, 0.05) is 20.2 Å². The highest BCUT2D eigenvalue weighted by atomic mass is 35.5. The average molecular weight is 380 g/mol. The van der Waals surface area contributed by atoms with E-state index >= 15 is 0 Å². The minimum atomic E-state index is -3.50. The number of sulfonamides is 1. The first-order valence-corrected chi connectivity index (χ1v) is 8.85. The molecule has 1 aromatic rings. The molecule has 7 nitrogen and oxygen atoms in total. The standard InChI is InChI=1S/C15H25N3O4S.ClH/c1-11(2)8-18-23(20,21)13-6-4-12(5-7-13)9-17-15(19)14(16)10-22-3;/h4-7,11,14,18H,8-10,16H2,1-3H3,(H,17,19);1H. The van der Waals surface area contributed by atoms with Crippen molar-refractivity contribution >= 4 is 28.3 Å². The van der Waals surface area contributed by atoms with Gasteiger partial charge in [-0.1, -0.05) is 26.0 Å². The molecule has 0 fully saturated rings. The largest absolute Gasteiger partial charge is 0.383 e. The van der Waals surface area contributed by atoms with E-state index < -0.39 is 16.1 Å². The van der Waals surface area contributed by atoms with Crippen LogP contribution in [0.15, 0.2) is 29.2 Å². The Balaban J connectivity index is 0.00000529. The molecule has 0 heterocycles. The lowest BCUT2D eigenvalue weighted by Gasteiger charge is -2.12. The predicted octanol–water partition coefficient (Wildman–Crippen LogP) is 0.633. The van der Waals surface area contributed by atoms with Crippen LogP contribution < -0.4 is 15.8 Å². The summed E-state index contributed by atoms with van der Waals surface area (Å²) in [5.74, 6) is -0.0854. The van der Waals surface area contributed by atoms with Gasteiger partial charge in [0.15, 0.2) is 0 Å². The van der Waals surface area contributed by atoms with Crippen LogP contribution in [0.1, 0.15) is 19.4 Å². The number of hydrogen-bond donors (Lipinski definition) is 3. The number of nitrogens with one attached hydrogen (secondary N) is 2. The summed E-state index contributed by atoms with van der Waals surface area (Å²) in [6.45, 7) is 4.67. The molecule has 1 atom stereocenters. The third-order valence-corrected chi connectivity index (χ3v) is 4.50. The summed E-state index contributed by atoms with van der Waals surface area (Å²) in [5.41, 5.74) is 6.39. The molecule has 0 bridgehead atoms. The molecule has 1 rings (SSSR count). The van der Waals surface area contributed by atoms with E-state index in [0.29, 0.717) is 6.54 Å². The van der Waals surface area contributed by atoms with Crippen molar-refractivity contribution in [1.29, 1.82) is 0 Å². The molecule has 0 aliphatic rings. The molecule has 1 amide bonds. The summed E-state index contributed by atoms with van der Waals surface area (Å²) in [4.78, 5) is 11.9. The first-order chi connectivity index (χ1) is 10.8. The number of amides is 1. The molecule has 24 heavy (non-hydrogen) atoms. The van der Waals surface area contributed by atoms with Crippen LogP contribution in [0.2, 0.25) is 0 Å². The molecule has 0 saturated carbocycles. The van der Waals surface area contributed by atoms with Gasteiger partial charge in [0.2, 0.25) is 15.9 Å². The van der Waals surface area contributed by atoms with E-state index in [1.165, 1.54) is 19.2 Å². The van der Waals surface area contributed by atoms with Gasteiger partial charge >= 0.3 is 0 Å². The van der Waals surface area contributed by atoms with Crippen molar-refractivity contribution in [3.8, 4) is 0 Å². The maximum Gasteiger partial charge on any atom is 0.240 e. The third kappa shape index (κ3) is 7.59. The summed E-state index contributed by atoms with van der Waals surface area (Å²) in [7, 11) is -2.03. The Bertz CT molecular complexity index is 606. The monoisotopic (exact) mass is 379 g/mol. The topological polar surface area (TPSA) is 111 Å². The maximum absolute atomic E-state index is 12.1. The zero-order chi connectivity index (χ0) is 17.5. The quantitative estimate of drug-likeness (QED) is 0.583. The van der Waals surface area contributed by atoms with E-state index in [9.17, 15) is 13.2 Å². The fourth-order valence-electron chi connectivity index (χ4n) is 1.72. The zero-order valence-corrected chi connectivity index (χ0v) is 15.7. The van der Waals surface area contributed by atoms with Crippen molar-refractivity contribution in [3.05, 3.63) is 29.8 Å². The second kappa shape index (κ2) is 10.6. The van der Waals surface area contributed by atoms with Crippen LogP contribution in [0.4, 0.5) is 0 Å². The summed E-state index contributed by atoms with van der Waals surface area (Å²) >= 11 is 0. The lowest BCUT2D eigenvalue weighted by atomic mass is 10.2. The van der Waals surface area contributed by atoms with Crippen molar-refractivity contribution < 1.29 is 17.9 Å². The van der Waals surface area contributed by atoms with Gasteiger partial charge in [-0.2, -0.15) is 0 Å². The lowest BCUT2D eigenvalue weighted by Crippen LogP contribution is -2.43. The zero-order valence-electron chi connectivity index (χ0n) is 14.1. The van der Waals surface area contributed by atoms with Crippen molar-refractivity contribution in [2.24, 2.45) is 11.7 Å². The molecule has 0 aliphatic carbocycles. The van der Waals surface area contributed by atoms with Gasteiger partial charge in [-0.3, -0.25) is 4.79 Å². The lowest BCUT2D eigenvalue weighted by molar-refractivity contribution is -0.123. The molecule has 1 unspecified atom stereocenters. The Kier molecular flexibility index (Phi) is 10.1. The van der Waals surface area contributed by atoms with Crippen LogP contribution in [0, 0.1) is 5.92 Å². The average Bonchev–Trinajstić information content (AvgIpc) is 2.51. The van der Waals surface area contributed by atoms with Gasteiger partial charge in [0.25, 0.3) is 0 Å². The van der Waals surface area contributed by atoms with Gasteiger partial charge in [0.1, 0.15) is 6.04 Å². The molecule has 0 saturated heterocycles. The molecule has 0 radical (unpaired) electrons. The van der Waals surface area contributed by atoms with Crippen molar-refractivity contribution in [3.63, 3.8) is 0 Å². The van der Waals surface area contributed by atoms with Crippen LogP contribution in [0.25, 0.3) is 0 Å². The summed E-state index contributed by atoms with van der Waals surface area (Å²) in [6, 6.07) is 5.62. The number of carbonyl (C=O) groups excluding carboxylic acids is 1. The number of benzene rings is 1. The second-order valence-electron chi connectivity index (χ2n) is 5.67. The molecule has 138 valence electrons. The van der Waals surface area contributed by atoms with Gasteiger partial charge in [-0.25, -0.2) is 13.1 Å². The van der Waals surface area contributed by atoms with E-state index in [-0.39, 0.29) is 42.3 Å². The number of rotatable bonds is 9. The molecule has 0 spiro atoms. The molecular weight excluding hydrogens is 354 g/mol. The number of hydrogen-bond acceptors (Lipinski definition) is 5. The van der Waals surface area contributed by atoms with Crippen molar-refractivity contribution in [2.45, 2.75) is 31.3 Å². The second-order valence-corrected chi connectivity index (χ2v) is 7.44. The van der Waals surface area contributed by atoms with Gasteiger partial charge in [-0.15, -0.1) is 12.4 Å². The van der Waals surface area contributed by atoms with E-state index in [4.69, 9.17) is 10.5 Å². The number of ether oxygens (including phenoxy) is 1. The molecule has 4 N–H and O–H groups in total. The number of methoxy groups -OCH3 is 1. The van der Waals surface area contributed by atoms with Crippen LogP contribution in [-0.2, 0) is 26.1 Å². The van der Waals surface area contributed by atoms with Gasteiger partial charge in [0.05, 0.1) is 11.5 Å². The molecule has 1 aromatic carbocycles. The van der Waals surface area contributed by atoms with Gasteiger partial charge < -0.3 is 15.8 Å². The molecular formula is C15H26ClN3O4S. The minimum Gasteiger partial charge on any atom is -0.383 e. The SMILES string of the molecule is COCC(N)C(=O)NCc1ccc(S(=O)(=O)NCC(C)C)cc1.Cl. The highest BCUT2D eigenvalue weighted by Gasteiger charge is 2.15. The predicted molar refractivity (Wildman–Crippen MR) is 95.4 cm³/mol. The Morgan fingerprint density at radius 3 is 2.33 bits per heavy atom. The van der Waals surface area contributed by atoms with Crippen molar-refractivity contribution in [1.82, 2.24) is 10.0 Å². The van der Waals surface area contributed by atoms with E-state index in [2.05, 4.69) is 10.0 Å². The van der Waals surface area contributed by atoms with E-state index in [1.807, 2.05) is 13.8 Å². The smallest absolute Gasteiger partial charge is 0.240 e. The third-order valence-electron chi connectivity index (χ3n) is 3.06. The Labute approximate surface area is 149 Å². The summed E-state index contributed by atoms with van der Waals surface area (Å²) < 4.78 is 31.5. The van der Waals surface area contributed by atoms with Gasteiger partial charge in [-0.05, 0) is 23.6 Å². The van der Waals surface area contributed by atoms with Crippen LogP contribution in [0.3, 0.4) is 0 Å². The first-order valence-electron chi connectivity index (χ1n) is 7.37. The van der Waals surface area contributed by atoms with Crippen LogP contribution in [-0.4, -0.2) is 40.6 Å². The fraction of sp³-hybridized carbons (Fsp3) is 0.533. The first kappa shape index (κ1) is 22.8. The number of halogens is 1. The highest BCUT2D eigenvalue weighted by molar-refractivity contribution is 7.89. The molecule has 0 aromatic heterocycles. The fourth-order valence-corrected chi connectivity index (χ4v) is 2.94. The number of carbonyl (C=O) groups is 1. The van der Waals surface area contributed by atoms with Crippen LogP contribution in [0.5, 0.6) is 0 Å². The summed E-state index contributed by atoms with van der Waals surface area (Å²) in [6.07, 6.45) is 0. The van der Waals surface area contributed by atoms with Crippen LogP contribution >= 0.6 is 12.4 Å². The Hall–Kier alpha value is -1.19. The Morgan fingerprint density at radius 1 is 1.25 bits per heavy atom. The molecule has 0 aliphatic heterocycles. The number of nitrogens with two attached hydrogens (primary N) is 1. The normalized spacial score (nSPS) is 12.5.